The molecule has 4 rings (SSSR count). The number of hydrazone groups is 1. The van der Waals surface area contributed by atoms with Gasteiger partial charge < -0.3 is 20.1 Å². The lowest BCUT2D eigenvalue weighted by atomic mass is 10.1. The summed E-state index contributed by atoms with van der Waals surface area (Å²) in [5.74, 6) is -2.02. The molecule has 0 unspecified atom stereocenters. The number of carbonyl (C=O) groups is 4. The molecule has 0 saturated heterocycles. The predicted molar refractivity (Wildman–Crippen MR) is 167 cm³/mol. The Morgan fingerprint density at radius 1 is 0.791 bits per heavy atom. The molecular weight excluding hydrogens is 616 g/mol. The van der Waals surface area contributed by atoms with E-state index in [1.165, 1.54) is 18.3 Å². The Labute approximate surface area is 256 Å². The standard InChI is InChI=1S/C32H27BrN4O6/c1-2-19-42-25-17-9-22(10-18-25)32(41)43-26-15-7-21(8-16-26)20-34-37-31(40)30(39)36-28-6-4-3-5-27(28)29(38)35-24-13-11-23(33)12-14-24/h3-18,20H,2,19H2,1H3,(H,35,38)(H,36,39)(H,37,40)/b34-20-. The summed E-state index contributed by atoms with van der Waals surface area (Å²) in [6.07, 6.45) is 2.21. The van der Waals surface area contributed by atoms with Gasteiger partial charge in [0.15, 0.2) is 0 Å². The van der Waals surface area contributed by atoms with Crippen molar-refractivity contribution >= 4 is 57.2 Å². The molecule has 11 heteroatoms. The number of esters is 1. The smallest absolute Gasteiger partial charge is 0.343 e. The number of benzene rings is 4. The van der Waals surface area contributed by atoms with Crippen molar-refractivity contribution in [1.82, 2.24) is 5.43 Å². The molecule has 0 radical (unpaired) electrons. The number of amides is 3. The van der Waals surface area contributed by atoms with Gasteiger partial charge in [-0.1, -0.05) is 35.0 Å². The Bertz CT molecular complexity index is 1620. The van der Waals surface area contributed by atoms with Crippen LogP contribution in [-0.2, 0) is 9.59 Å². The van der Waals surface area contributed by atoms with Crippen LogP contribution >= 0.6 is 15.9 Å². The second-order valence-electron chi connectivity index (χ2n) is 8.99. The van der Waals surface area contributed by atoms with Gasteiger partial charge in [0, 0.05) is 10.2 Å². The quantitative estimate of drug-likeness (QED) is 0.0658. The molecule has 218 valence electrons. The molecule has 0 heterocycles. The van der Waals surface area contributed by atoms with E-state index < -0.39 is 23.7 Å². The van der Waals surface area contributed by atoms with Gasteiger partial charge in [0.2, 0.25) is 0 Å². The van der Waals surface area contributed by atoms with Gasteiger partial charge in [-0.3, -0.25) is 14.4 Å². The summed E-state index contributed by atoms with van der Waals surface area (Å²) < 4.78 is 11.8. The van der Waals surface area contributed by atoms with E-state index in [2.05, 4.69) is 37.1 Å². The number of para-hydroxylation sites is 1. The molecule has 0 aliphatic carbocycles. The largest absolute Gasteiger partial charge is 0.494 e. The van der Waals surface area contributed by atoms with Gasteiger partial charge in [0.25, 0.3) is 5.91 Å². The van der Waals surface area contributed by atoms with Crippen LogP contribution in [0.4, 0.5) is 11.4 Å². The summed E-state index contributed by atoms with van der Waals surface area (Å²) in [5, 5.41) is 8.99. The van der Waals surface area contributed by atoms with E-state index in [0.717, 1.165) is 10.9 Å². The number of carbonyl (C=O) groups excluding carboxylic acids is 4. The van der Waals surface area contributed by atoms with Crippen molar-refractivity contribution in [2.75, 3.05) is 17.2 Å². The van der Waals surface area contributed by atoms with E-state index >= 15 is 0 Å². The van der Waals surface area contributed by atoms with Gasteiger partial charge in [-0.2, -0.15) is 5.10 Å². The van der Waals surface area contributed by atoms with Gasteiger partial charge in [-0.05, 0) is 96.9 Å². The monoisotopic (exact) mass is 642 g/mol. The van der Waals surface area contributed by atoms with Gasteiger partial charge in [-0.15, -0.1) is 0 Å². The molecule has 10 nitrogen and oxygen atoms in total. The highest BCUT2D eigenvalue weighted by atomic mass is 79.9. The Morgan fingerprint density at radius 3 is 2.16 bits per heavy atom. The van der Waals surface area contributed by atoms with E-state index in [4.69, 9.17) is 9.47 Å². The summed E-state index contributed by atoms with van der Waals surface area (Å²) in [4.78, 5) is 50.0. The van der Waals surface area contributed by atoms with Crippen molar-refractivity contribution in [2.45, 2.75) is 13.3 Å². The maximum absolute atomic E-state index is 12.8. The predicted octanol–water partition coefficient (Wildman–Crippen LogP) is 5.80. The Balaban J connectivity index is 1.28. The summed E-state index contributed by atoms with van der Waals surface area (Å²) >= 11 is 3.34. The third-order valence-electron chi connectivity index (χ3n) is 5.76. The zero-order valence-corrected chi connectivity index (χ0v) is 24.6. The number of nitrogens with one attached hydrogen (secondary N) is 3. The maximum Gasteiger partial charge on any atom is 0.343 e. The summed E-state index contributed by atoms with van der Waals surface area (Å²) in [7, 11) is 0. The average molecular weight is 643 g/mol. The number of anilines is 2. The molecule has 3 amide bonds. The minimum atomic E-state index is -1.03. The third-order valence-corrected chi connectivity index (χ3v) is 6.29. The first-order chi connectivity index (χ1) is 20.8. The normalized spacial score (nSPS) is 10.6. The Kier molecular flexibility index (Phi) is 10.8. The van der Waals surface area contributed by atoms with Crippen LogP contribution in [0.25, 0.3) is 0 Å². The van der Waals surface area contributed by atoms with Crippen LogP contribution in [0.15, 0.2) is 107 Å². The van der Waals surface area contributed by atoms with Gasteiger partial charge in [0.1, 0.15) is 11.5 Å². The fourth-order valence-electron chi connectivity index (χ4n) is 3.61. The van der Waals surface area contributed by atoms with Crippen LogP contribution in [0.1, 0.15) is 39.6 Å². The first-order valence-corrected chi connectivity index (χ1v) is 14.0. The van der Waals surface area contributed by atoms with Gasteiger partial charge in [0.05, 0.1) is 29.6 Å². The van der Waals surface area contributed by atoms with Crippen LogP contribution in [0.5, 0.6) is 11.5 Å². The van der Waals surface area contributed by atoms with Crippen molar-refractivity contribution in [3.05, 3.63) is 118 Å². The number of rotatable bonds is 10. The molecule has 0 bridgehead atoms. The van der Waals surface area contributed by atoms with Gasteiger partial charge >= 0.3 is 17.8 Å². The molecule has 0 saturated carbocycles. The minimum Gasteiger partial charge on any atom is -0.494 e. The molecule has 0 aromatic heterocycles. The van der Waals surface area contributed by atoms with Crippen molar-refractivity contribution < 1.29 is 28.7 Å². The molecule has 0 atom stereocenters. The Hall–Kier alpha value is -5.29. The second kappa shape index (κ2) is 15.1. The van der Waals surface area contributed by atoms with Crippen LogP contribution in [0.3, 0.4) is 0 Å². The average Bonchev–Trinajstić information content (AvgIpc) is 3.02. The summed E-state index contributed by atoms with van der Waals surface area (Å²) in [5.41, 5.74) is 4.00. The lowest BCUT2D eigenvalue weighted by molar-refractivity contribution is -0.136. The Morgan fingerprint density at radius 2 is 1.47 bits per heavy atom. The van der Waals surface area contributed by atoms with E-state index in [1.54, 1.807) is 84.9 Å². The highest BCUT2D eigenvalue weighted by molar-refractivity contribution is 9.10. The molecule has 0 aliphatic rings. The molecule has 43 heavy (non-hydrogen) atoms. The number of nitrogens with zero attached hydrogens (tertiary/aromatic N) is 1. The lowest BCUT2D eigenvalue weighted by Crippen LogP contribution is -2.33. The summed E-state index contributed by atoms with van der Waals surface area (Å²) in [6.45, 7) is 2.61. The van der Waals surface area contributed by atoms with Crippen molar-refractivity contribution in [3.8, 4) is 11.5 Å². The molecule has 4 aromatic rings. The first-order valence-electron chi connectivity index (χ1n) is 13.2. The van der Waals surface area contributed by atoms with Crippen LogP contribution in [0.2, 0.25) is 0 Å². The van der Waals surface area contributed by atoms with Crippen molar-refractivity contribution in [3.63, 3.8) is 0 Å². The highest BCUT2D eigenvalue weighted by Crippen LogP contribution is 2.20. The number of hydrogen-bond acceptors (Lipinski definition) is 7. The first kappa shape index (κ1) is 30.7. The van der Waals surface area contributed by atoms with E-state index in [1.807, 2.05) is 6.92 Å². The minimum absolute atomic E-state index is 0.159. The molecule has 0 aliphatic heterocycles. The highest BCUT2D eigenvalue weighted by Gasteiger charge is 2.18. The fourth-order valence-corrected chi connectivity index (χ4v) is 3.88. The number of halogens is 1. The third kappa shape index (κ3) is 9.10. The molecule has 0 spiro atoms. The van der Waals surface area contributed by atoms with Crippen LogP contribution in [-0.4, -0.2) is 36.5 Å². The van der Waals surface area contributed by atoms with Crippen LogP contribution in [0, 0.1) is 0 Å². The van der Waals surface area contributed by atoms with Crippen molar-refractivity contribution in [2.24, 2.45) is 5.10 Å². The fraction of sp³-hybridized carbons (Fsp3) is 0.0938. The summed E-state index contributed by atoms with van der Waals surface area (Å²) in [6, 6.07) is 26.4. The molecular formula is C32H27BrN4O6. The molecule has 0 fully saturated rings. The van der Waals surface area contributed by atoms with Crippen LogP contribution < -0.4 is 25.5 Å². The molecule has 3 N–H and O–H groups in total. The van der Waals surface area contributed by atoms with E-state index in [-0.39, 0.29) is 11.3 Å². The maximum atomic E-state index is 12.8. The number of ether oxygens (including phenoxy) is 2. The number of hydrogen-bond donors (Lipinski definition) is 3. The van der Waals surface area contributed by atoms with Gasteiger partial charge in [-0.25, -0.2) is 10.2 Å². The van der Waals surface area contributed by atoms with E-state index in [9.17, 15) is 19.2 Å². The SMILES string of the molecule is CCCOc1ccc(C(=O)Oc2ccc(/C=N\NC(=O)C(=O)Nc3ccccc3C(=O)Nc3ccc(Br)cc3)cc2)cc1. The topological polar surface area (TPSA) is 135 Å². The molecule has 4 aromatic carbocycles. The van der Waals surface area contributed by atoms with E-state index in [0.29, 0.717) is 34.9 Å². The second-order valence-corrected chi connectivity index (χ2v) is 9.91. The van der Waals surface area contributed by atoms with Crippen molar-refractivity contribution in [1.29, 1.82) is 0 Å². The lowest BCUT2D eigenvalue weighted by Gasteiger charge is -2.11. The zero-order valence-electron chi connectivity index (χ0n) is 23.0. The zero-order chi connectivity index (χ0) is 30.6.